The van der Waals surface area contributed by atoms with Crippen molar-refractivity contribution in [3.05, 3.63) is 205 Å². The Hall–Kier alpha value is -8.14. The first kappa shape index (κ1) is 40.6. The molecule has 11 rings (SSSR count). The molecule has 0 atom stereocenters. The summed E-state index contributed by atoms with van der Waals surface area (Å²) in [5, 5.41) is 4.75. The van der Waals surface area contributed by atoms with Gasteiger partial charge in [-0.05, 0) is 99.8 Å². The lowest BCUT2D eigenvalue weighted by atomic mass is 9.86. The fourth-order valence-corrected chi connectivity index (χ4v) is 9.42. The van der Waals surface area contributed by atoms with Gasteiger partial charge in [0.05, 0.1) is 34.3 Å². The van der Waals surface area contributed by atoms with E-state index in [9.17, 15) is 0 Å². The molecule has 0 aliphatic carbocycles. The van der Waals surface area contributed by atoms with Crippen LogP contribution in [0, 0.1) is 6.57 Å². The summed E-state index contributed by atoms with van der Waals surface area (Å²) in [6.07, 6.45) is 0. The van der Waals surface area contributed by atoms with Crippen LogP contribution in [-0.4, -0.2) is 24.1 Å². The van der Waals surface area contributed by atoms with Gasteiger partial charge < -0.3 is 9.13 Å². The van der Waals surface area contributed by atoms with Crippen LogP contribution in [0.3, 0.4) is 0 Å². The fraction of sp³-hybridized carbons (Fsp3) is 0.133. The first-order valence-corrected chi connectivity index (χ1v) is 22.6. The van der Waals surface area contributed by atoms with Gasteiger partial charge in [-0.15, -0.1) is 0 Å². The Morgan fingerprint density at radius 1 is 0.394 bits per heavy atom. The lowest BCUT2D eigenvalue weighted by Crippen LogP contribution is -2.10. The molecule has 0 bridgehead atoms. The molecule has 0 N–H and O–H groups in total. The van der Waals surface area contributed by atoms with Crippen molar-refractivity contribution in [2.45, 2.75) is 52.4 Å². The zero-order valence-electron chi connectivity index (χ0n) is 38.0. The Labute approximate surface area is 385 Å². The second kappa shape index (κ2) is 15.5. The number of para-hydroxylation sites is 2. The average Bonchev–Trinajstić information content (AvgIpc) is 3.86. The first-order valence-electron chi connectivity index (χ1n) is 22.6. The number of aromatic nitrogens is 5. The van der Waals surface area contributed by atoms with E-state index in [1.807, 2.05) is 66.7 Å². The Bertz CT molecular complexity index is 3670. The molecule has 6 heteroatoms. The molecule has 318 valence electrons. The van der Waals surface area contributed by atoms with Crippen molar-refractivity contribution >= 4 is 49.3 Å². The molecular formula is C60H48N6. The Balaban J connectivity index is 1.21. The number of fused-ring (bicyclic) bond motifs is 6. The standard InChI is InChI=1S/C60H48N6/c1-59(2,3)41-27-32-53-48(35-41)44-22-14-16-24-51(44)65(53)43-29-30-50(61-7)46(37-43)47-34-40(58-63-56(38-18-10-8-11-19-38)62-57(64-58)39-20-12-9-13-21-39)26-31-54(47)66-52-25-17-15-23-45(52)49-36-42(60(4,5)6)28-33-55(49)66/h8-37H,1-6H3. The molecular weight excluding hydrogens is 805 g/mol. The maximum absolute atomic E-state index is 8.66. The Kier molecular flexibility index (Phi) is 9.56. The summed E-state index contributed by atoms with van der Waals surface area (Å²) in [5.41, 5.74) is 13.7. The van der Waals surface area contributed by atoms with Gasteiger partial charge in [-0.1, -0.05) is 157 Å². The van der Waals surface area contributed by atoms with Crippen LogP contribution >= 0.6 is 0 Å². The highest BCUT2D eigenvalue weighted by atomic mass is 15.0. The molecule has 0 spiro atoms. The van der Waals surface area contributed by atoms with E-state index in [2.05, 4.69) is 171 Å². The Morgan fingerprint density at radius 3 is 1.39 bits per heavy atom. The average molecular weight is 853 g/mol. The molecule has 0 aliphatic rings. The van der Waals surface area contributed by atoms with Crippen molar-refractivity contribution < 1.29 is 0 Å². The van der Waals surface area contributed by atoms with Gasteiger partial charge in [-0.3, -0.25) is 0 Å². The number of benzene rings is 8. The SMILES string of the molecule is [C-]#[N+]c1ccc(-n2c3ccccc3c3cc(C(C)(C)C)ccc32)cc1-c1cc(-c2nc(-c3ccccc3)nc(-c3ccccc3)n2)ccc1-n1c2ccccc2c2cc(C(C)(C)C)ccc21. The summed E-state index contributed by atoms with van der Waals surface area (Å²) >= 11 is 0. The van der Waals surface area contributed by atoms with E-state index in [0.717, 1.165) is 61.3 Å². The third-order valence-corrected chi connectivity index (χ3v) is 12.9. The highest BCUT2D eigenvalue weighted by Gasteiger charge is 2.24. The van der Waals surface area contributed by atoms with E-state index in [1.54, 1.807) is 0 Å². The molecule has 3 aromatic heterocycles. The Morgan fingerprint density at radius 2 is 0.864 bits per heavy atom. The van der Waals surface area contributed by atoms with Gasteiger partial charge in [-0.2, -0.15) is 0 Å². The minimum Gasteiger partial charge on any atom is -0.309 e. The van der Waals surface area contributed by atoms with Crippen molar-refractivity contribution in [2.24, 2.45) is 0 Å². The van der Waals surface area contributed by atoms with Crippen LogP contribution in [0.15, 0.2) is 182 Å². The molecule has 0 amide bonds. The maximum atomic E-state index is 8.66. The van der Waals surface area contributed by atoms with Crippen LogP contribution < -0.4 is 0 Å². The van der Waals surface area contributed by atoms with E-state index in [-0.39, 0.29) is 10.8 Å². The molecule has 0 aliphatic heterocycles. The summed E-state index contributed by atoms with van der Waals surface area (Å²) < 4.78 is 4.71. The third kappa shape index (κ3) is 6.92. The molecule has 8 aromatic carbocycles. The van der Waals surface area contributed by atoms with Crippen LogP contribution in [0.5, 0.6) is 0 Å². The predicted molar refractivity (Wildman–Crippen MR) is 274 cm³/mol. The first-order chi connectivity index (χ1) is 31.9. The monoisotopic (exact) mass is 852 g/mol. The molecule has 0 saturated heterocycles. The van der Waals surface area contributed by atoms with Gasteiger partial charge in [0.2, 0.25) is 0 Å². The van der Waals surface area contributed by atoms with Crippen LogP contribution in [0.4, 0.5) is 5.69 Å². The summed E-state index contributed by atoms with van der Waals surface area (Å²) in [4.78, 5) is 19.5. The number of nitrogens with zero attached hydrogens (tertiary/aromatic N) is 6. The lowest BCUT2D eigenvalue weighted by Gasteiger charge is -2.20. The summed E-state index contributed by atoms with van der Waals surface area (Å²) in [5.74, 6) is 1.73. The smallest absolute Gasteiger partial charge is 0.195 e. The second-order valence-electron chi connectivity index (χ2n) is 19.3. The van der Waals surface area contributed by atoms with Gasteiger partial charge in [0.25, 0.3) is 0 Å². The zero-order chi connectivity index (χ0) is 45.3. The van der Waals surface area contributed by atoms with Crippen LogP contribution in [0.25, 0.3) is 105 Å². The zero-order valence-corrected chi connectivity index (χ0v) is 38.0. The maximum Gasteiger partial charge on any atom is 0.195 e. The lowest BCUT2D eigenvalue weighted by molar-refractivity contribution is 0.591. The molecule has 3 heterocycles. The van der Waals surface area contributed by atoms with Gasteiger partial charge in [0.15, 0.2) is 23.2 Å². The largest absolute Gasteiger partial charge is 0.309 e. The minimum atomic E-state index is -0.0297. The van der Waals surface area contributed by atoms with Gasteiger partial charge >= 0.3 is 0 Å². The molecule has 0 radical (unpaired) electrons. The number of rotatable bonds is 6. The molecule has 0 saturated carbocycles. The number of hydrogen-bond acceptors (Lipinski definition) is 3. The summed E-state index contributed by atoms with van der Waals surface area (Å²) in [6.45, 7) is 22.2. The van der Waals surface area contributed by atoms with Gasteiger partial charge in [0, 0.05) is 43.9 Å². The van der Waals surface area contributed by atoms with E-state index >= 15 is 0 Å². The molecule has 6 nitrogen and oxygen atoms in total. The quantitative estimate of drug-likeness (QED) is 0.157. The molecule has 11 aromatic rings. The third-order valence-electron chi connectivity index (χ3n) is 12.9. The second-order valence-corrected chi connectivity index (χ2v) is 19.3. The van der Waals surface area contributed by atoms with Crippen molar-refractivity contribution in [3.63, 3.8) is 0 Å². The highest BCUT2D eigenvalue weighted by molar-refractivity contribution is 6.11. The molecule has 0 fully saturated rings. The van der Waals surface area contributed by atoms with E-state index in [4.69, 9.17) is 21.5 Å². The van der Waals surface area contributed by atoms with Gasteiger partial charge in [0.1, 0.15) is 0 Å². The van der Waals surface area contributed by atoms with Crippen LogP contribution in [0.1, 0.15) is 52.7 Å². The molecule has 66 heavy (non-hydrogen) atoms. The van der Waals surface area contributed by atoms with Gasteiger partial charge in [-0.25, -0.2) is 19.8 Å². The van der Waals surface area contributed by atoms with Crippen molar-refractivity contribution in [3.8, 4) is 56.7 Å². The van der Waals surface area contributed by atoms with E-state index < -0.39 is 0 Å². The summed E-state index contributed by atoms with van der Waals surface area (Å²) in [7, 11) is 0. The van der Waals surface area contributed by atoms with E-state index in [0.29, 0.717) is 23.2 Å². The number of hydrogen-bond donors (Lipinski definition) is 0. The van der Waals surface area contributed by atoms with Crippen molar-refractivity contribution in [1.82, 2.24) is 24.1 Å². The van der Waals surface area contributed by atoms with Crippen LogP contribution in [-0.2, 0) is 10.8 Å². The topological polar surface area (TPSA) is 52.9 Å². The van der Waals surface area contributed by atoms with E-state index in [1.165, 1.54) is 32.7 Å². The highest BCUT2D eigenvalue weighted by Crippen LogP contribution is 2.44. The fourth-order valence-electron chi connectivity index (χ4n) is 9.42. The minimum absolute atomic E-state index is 0.00731. The normalized spacial score (nSPS) is 12.1. The van der Waals surface area contributed by atoms with Crippen molar-refractivity contribution in [2.75, 3.05) is 0 Å². The molecule has 0 unspecified atom stereocenters. The summed E-state index contributed by atoms with van der Waals surface area (Å²) in [6, 6.07) is 63.8. The van der Waals surface area contributed by atoms with Crippen molar-refractivity contribution in [1.29, 1.82) is 0 Å². The van der Waals surface area contributed by atoms with Crippen LogP contribution in [0.2, 0.25) is 0 Å². The predicted octanol–water partition coefficient (Wildman–Crippen LogP) is 15.9.